The van der Waals surface area contributed by atoms with Crippen LogP contribution < -0.4 is 15.0 Å². The molecule has 2 aromatic carbocycles. The first kappa shape index (κ1) is 18.1. The van der Waals surface area contributed by atoms with Crippen LogP contribution in [-0.4, -0.2) is 44.4 Å². The number of methoxy groups -OCH3 is 1. The van der Waals surface area contributed by atoms with Crippen LogP contribution in [0, 0.1) is 0 Å². The average Bonchev–Trinajstić information content (AvgIpc) is 3.21. The number of aromatic nitrogens is 5. The highest BCUT2D eigenvalue weighted by atomic mass is 19.3. The predicted molar refractivity (Wildman–Crippen MR) is 123 cm³/mol. The van der Waals surface area contributed by atoms with Crippen molar-refractivity contribution in [2.75, 3.05) is 13.6 Å². The highest BCUT2D eigenvalue weighted by molar-refractivity contribution is 5.85. The van der Waals surface area contributed by atoms with Crippen LogP contribution in [0.15, 0.2) is 65.6 Å². The Labute approximate surface area is 196 Å². The summed E-state index contributed by atoms with van der Waals surface area (Å²) in [6.07, 6.45) is -0.885. The van der Waals surface area contributed by atoms with Gasteiger partial charge in [0.1, 0.15) is 17.0 Å². The van der Waals surface area contributed by atoms with Crippen LogP contribution in [0.3, 0.4) is 0 Å². The molecule has 0 saturated heterocycles. The molecule has 0 aliphatic carbocycles. The SMILES string of the molecule is [2H]C([2H])([2H])Oc1ccc(-n2c(=O)c(-c3ccc4nn(C)cc4c3)nc3ccc(OCC(F)F)nc32)cc1. The van der Waals surface area contributed by atoms with Gasteiger partial charge in [-0.25, -0.2) is 13.8 Å². The van der Waals surface area contributed by atoms with Crippen LogP contribution in [0.25, 0.3) is 39.0 Å². The Morgan fingerprint density at radius 2 is 1.85 bits per heavy atom. The van der Waals surface area contributed by atoms with Crippen LogP contribution in [0.2, 0.25) is 0 Å². The quantitative estimate of drug-likeness (QED) is 0.376. The van der Waals surface area contributed by atoms with E-state index in [1.54, 1.807) is 29.9 Å². The van der Waals surface area contributed by atoms with Gasteiger partial charge < -0.3 is 9.47 Å². The second-order valence-electron chi connectivity index (χ2n) is 7.47. The highest BCUT2D eigenvalue weighted by Crippen LogP contribution is 2.25. The van der Waals surface area contributed by atoms with Crippen molar-refractivity contribution in [3.05, 3.63) is 71.1 Å². The first-order valence-corrected chi connectivity index (χ1v) is 10.2. The molecular formula is C24H19F2N5O3. The fourth-order valence-electron chi connectivity index (χ4n) is 3.66. The summed E-state index contributed by atoms with van der Waals surface area (Å²) >= 11 is 0. The van der Waals surface area contributed by atoms with Gasteiger partial charge in [0, 0.05) is 30.3 Å². The number of alkyl halides is 2. The minimum atomic E-state index is -2.70. The molecule has 0 fully saturated rings. The molecule has 0 aliphatic rings. The summed E-state index contributed by atoms with van der Waals surface area (Å²) < 4.78 is 60.0. The normalized spacial score (nSPS) is 13.1. The maximum atomic E-state index is 13.8. The Kier molecular flexibility index (Phi) is 4.56. The molecule has 8 nitrogen and oxygen atoms in total. The smallest absolute Gasteiger partial charge is 0.283 e. The maximum Gasteiger partial charge on any atom is 0.283 e. The Morgan fingerprint density at radius 3 is 2.62 bits per heavy atom. The van der Waals surface area contributed by atoms with Crippen molar-refractivity contribution in [2.45, 2.75) is 6.43 Å². The van der Waals surface area contributed by atoms with Crippen molar-refractivity contribution in [2.24, 2.45) is 7.05 Å². The molecule has 10 heteroatoms. The van der Waals surface area contributed by atoms with Gasteiger partial charge in [0.15, 0.2) is 12.3 Å². The highest BCUT2D eigenvalue weighted by Gasteiger charge is 2.17. The molecule has 0 saturated carbocycles. The minimum Gasteiger partial charge on any atom is -0.497 e. The van der Waals surface area contributed by atoms with Crippen molar-refractivity contribution in [3.8, 4) is 28.6 Å². The number of aryl methyl sites for hydroxylation is 1. The van der Waals surface area contributed by atoms with E-state index in [9.17, 15) is 13.6 Å². The second kappa shape index (κ2) is 8.54. The summed E-state index contributed by atoms with van der Waals surface area (Å²) in [5, 5.41) is 5.16. The lowest BCUT2D eigenvalue weighted by Gasteiger charge is -2.13. The number of halogens is 2. The molecule has 0 aliphatic heterocycles. The Balaban J connectivity index is 1.69. The van der Waals surface area contributed by atoms with E-state index in [-0.39, 0.29) is 23.0 Å². The first-order valence-electron chi connectivity index (χ1n) is 11.7. The van der Waals surface area contributed by atoms with E-state index < -0.39 is 25.6 Å². The number of rotatable bonds is 6. The molecule has 3 heterocycles. The Morgan fingerprint density at radius 1 is 1.06 bits per heavy atom. The molecule has 34 heavy (non-hydrogen) atoms. The van der Waals surface area contributed by atoms with Gasteiger partial charge >= 0.3 is 0 Å². The molecule has 0 bridgehead atoms. The van der Waals surface area contributed by atoms with Gasteiger partial charge in [-0.15, -0.1) is 0 Å². The number of hydrogen-bond acceptors (Lipinski definition) is 6. The van der Waals surface area contributed by atoms with E-state index in [2.05, 4.69) is 15.1 Å². The van der Waals surface area contributed by atoms with Crippen LogP contribution in [0.4, 0.5) is 8.78 Å². The van der Waals surface area contributed by atoms with Gasteiger partial charge in [0.2, 0.25) is 5.88 Å². The van der Waals surface area contributed by atoms with E-state index >= 15 is 0 Å². The van der Waals surface area contributed by atoms with Gasteiger partial charge in [-0.2, -0.15) is 10.1 Å². The van der Waals surface area contributed by atoms with Gasteiger partial charge in [0.25, 0.3) is 12.0 Å². The molecule has 0 atom stereocenters. The van der Waals surface area contributed by atoms with Crippen LogP contribution in [-0.2, 0) is 7.05 Å². The number of fused-ring (bicyclic) bond motifs is 2. The zero-order valence-electron chi connectivity index (χ0n) is 20.8. The summed E-state index contributed by atoms with van der Waals surface area (Å²) in [7, 11) is -0.849. The van der Waals surface area contributed by atoms with Crippen molar-refractivity contribution in [1.29, 1.82) is 0 Å². The molecule has 3 aromatic heterocycles. The second-order valence-corrected chi connectivity index (χ2v) is 7.47. The summed E-state index contributed by atoms with van der Waals surface area (Å²) in [6, 6.07) is 14.0. The monoisotopic (exact) mass is 466 g/mol. The van der Waals surface area contributed by atoms with E-state index in [1.807, 2.05) is 6.20 Å². The third-order valence-electron chi connectivity index (χ3n) is 5.14. The third kappa shape index (κ3) is 3.94. The standard InChI is InChI=1S/C24H19F2N5O3/c1-30-12-15-11-14(3-8-18(15)29-30)22-24(32)31(16-4-6-17(33-2)7-5-16)23-19(27-22)9-10-21(28-23)34-13-20(25)26/h3-12,20H,13H2,1-2H3/i2D3. The molecule has 172 valence electrons. The average molecular weight is 466 g/mol. The van der Waals surface area contributed by atoms with Crippen molar-refractivity contribution < 1.29 is 22.4 Å². The van der Waals surface area contributed by atoms with E-state index in [0.29, 0.717) is 16.8 Å². The molecule has 5 rings (SSSR count). The predicted octanol–water partition coefficient (Wildman–Crippen LogP) is 3.99. The number of nitrogens with zero attached hydrogens (tertiary/aromatic N) is 5. The molecule has 0 unspecified atom stereocenters. The lowest BCUT2D eigenvalue weighted by molar-refractivity contribution is 0.0797. The lowest BCUT2D eigenvalue weighted by Crippen LogP contribution is -2.23. The molecule has 0 radical (unpaired) electrons. The van der Waals surface area contributed by atoms with Gasteiger partial charge in [-0.3, -0.25) is 14.0 Å². The van der Waals surface area contributed by atoms with Crippen LogP contribution in [0.1, 0.15) is 4.11 Å². The zero-order chi connectivity index (χ0) is 26.3. The van der Waals surface area contributed by atoms with Crippen molar-refractivity contribution in [1.82, 2.24) is 24.3 Å². The lowest BCUT2D eigenvalue weighted by atomic mass is 10.1. The molecule has 5 aromatic rings. The molecule has 0 N–H and O–H groups in total. The van der Waals surface area contributed by atoms with E-state index in [0.717, 1.165) is 10.9 Å². The largest absolute Gasteiger partial charge is 0.497 e. The summed E-state index contributed by atoms with van der Waals surface area (Å²) in [5.41, 5.74) is 1.61. The first-order chi connectivity index (χ1) is 17.6. The number of hydrogen-bond donors (Lipinski definition) is 0. The van der Waals surface area contributed by atoms with E-state index in [1.165, 1.54) is 41.0 Å². The maximum absolute atomic E-state index is 13.8. The van der Waals surface area contributed by atoms with E-state index in [4.69, 9.17) is 13.6 Å². The Hall–Kier alpha value is -4.34. The third-order valence-corrected chi connectivity index (χ3v) is 5.14. The van der Waals surface area contributed by atoms with Crippen molar-refractivity contribution in [3.63, 3.8) is 0 Å². The van der Waals surface area contributed by atoms with Crippen LogP contribution >= 0.6 is 0 Å². The zero-order valence-corrected chi connectivity index (χ0v) is 17.8. The minimum absolute atomic E-state index is 0.0753. The summed E-state index contributed by atoms with van der Waals surface area (Å²) in [5.74, 6) is -0.0269. The number of benzene rings is 2. The number of pyridine rings is 1. The van der Waals surface area contributed by atoms with Crippen molar-refractivity contribution >= 4 is 22.1 Å². The molecular weight excluding hydrogens is 444 g/mol. The fraction of sp³-hybridized carbons (Fsp3) is 0.167. The molecule has 0 spiro atoms. The Bertz CT molecular complexity index is 1670. The van der Waals surface area contributed by atoms with Gasteiger partial charge in [0.05, 0.1) is 22.4 Å². The summed E-state index contributed by atoms with van der Waals surface area (Å²) in [4.78, 5) is 22.6. The van der Waals surface area contributed by atoms with Gasteiger partial charge in [-0.1, -0.05) is 6.07 Å². The number of ether oxygens (including phenoxy) is 2. The van der Waals surface area contributed by atoms with Crippen LogP contribution in [0.5, 0.6) is 11.6 Å². The fourth-order valence-corrected chi connectivity index (χ4v) is 3.66. The molecule has 0 amide bonds. The summed E-state index contributed by atoms with van der Waals surface area (Å²) in [6.45, 7) is -0.861. The topological polar surface area (TPSA) is 84.1 Å². The van der Waals surface area contributed by atoms with Gasteiger partial charge in [-0.05, 0) is 42.5 Å².